The summed E-state index contributed by atoms with van der Waals surface area (Å²) in [4.78, 5) is 26.5. The van der Waals surface area contributed by atoms with E-state index >= 15 is 0 Å². The van der Waals surface area contributed by atoms with Crippen LogP contribution in [0.4, 0.5) is 0 Å². The van der Waals surface area contributed by atoms with Crippen LogP contribution in [0.15, 0.2) is 36.4 Å². The molecule has 7 nitrogen and oxygen atoms in total. The topological polar surface area (TPSA) is 110 Å². The Morgan fingerprint density at radius 1 is 0.521 bits per heavy atom. The molecule has 8 heteroatoms. The molecular weight excluding hydrogens is 623 g/mol. The highest BCUT2D eigenvalue weighted by Gasteiger charge is 2.45. The number of ketones is 2. The molecule has 0 aromatic heterocycles. The Morgan fingerprint density at radius 3 is 0.958 bits per heavy atom. The summed E-state index contributed by atoms with van der Waals surface area (Å²) in [5, 5.41) is 22.0. The van der Waals surface area contributed by atoms with Crippen molar-refractivity contribution in [2.75, 3.05) is 0 Å². The highest BCUT2D eigenvalue weighted by molar-refractivity contribution is 7.33. The second-order valence-corrected chi connectivity index (χ2v) is 18.6. The molecule has 0 bridgehead atoms. The first kappa shape index (κ1) is 41.1. The van der Waals surface area contributed by atoms with Gasteiger partial charge < -0.3 is 10.2 Å². The number of hydrogen-bond donors (Lipinski definition) is 2. The summed E-state index contributed by atoms with van der Waals surface area (Å²) in [5.41, 5.74) is 0.197. The molecule has 2 aromatic carbocycles. The molecule has 0 saturated heterocycles. The van der Waals surface area contributed by atoms with E-state index in [-0.39, 0.29) is 33.2 Å². The van der Waals surface area contributed by atoms with Gasteiger partial charge in [0.2, 0.25) is 0 Å². The minimum atomic E-state index is -2.87. The Morgan fingerprint density at radius 2 is 0.750 bits per heavy atom. The van der Waals surface area contributed by atoms with Crippen molar-refractivity contribution in [1.82, 2.24) is 0 Å². The van der Waals surface area contributed by atoms with Crippen molar-refractivity contribution in [3.63, 3.8) is 0 Å². The Hall–Kier alpha value is -3.12. The Balaban J connectivity index is 2.26. The fourth-order valence-corrected chi connectivity index (χ4v) is 5.98. The summed E-state index contributed by atoms with van der Waals surface area (Å²) in [5.74, 6) is -0.401. The van der Waals surface area contributed by atoms with Gasteiger partial charge in [0, 0.05) is 26.8 Å². The predicted octanol–water partition coefficient (Wildman–Crippen LogP) is 10.4. The largest absolute Gasteiger partial charge is 0.699 e. The summed E-state index contributed by atoms with van der Waals surface area (Å²) < 4.78 is 24.2. The molecule has 0 aliphatic carbocycles. The third-order valence-electron chi connectivity index (χ3n) is 8.14. The molecule has 0 amide bonds. The molecule has 2 rings (SSSR count). The monoisotopic (exact) mass is 681 g/mol. The molecule has 0 aliphatic rings. The number of carbonyl (C=O) groups is 2. The second-order valence-electron chi connectivity index (χ2n) is 17.8. The summed E-state index contributed by atoms with van der Waals surface area (Å²) in [6.45, 7) is 30.2. The van der Waals surface area contributed by atoms with E-state index in [4.69, 9.17) is 9.05 Å². The van der Waals surface area contributed by atoms with Crippen molar-refractivity contribution in [3.8, 4) is 11.5 Å². The van der Waals surface area contributed by atoms with Gasteiger partial charge in [0.1, 0.15) is 11.5 Å². The Kier molecular flexibility index (Phi) is 12.0. The highest BCUT2D eigenvalue weighted by Crippen LogP contribution is 2.42. The lowest BCUT2D eigenvalue weighted by Crippen LogP contribution is -2.34. The van der Waals surface area contributed by atoms with Crippen LogP contribution in [0.3, 0.4) is 0 Å². The zero-order chi connectivity index (χ0) is 37.4. The van der Waals surface area contributed by atoms with Crippen LogP contribution in [0.2, 0.25) is 0 Å². The van der Waals surface area contributed by atoms with Gasteiger partial charge in [0.15, 0.2) is 22.8 Å². The van der Waals surface area contributed by atoms with Gasteiger partial charge in [-0.25, -0.2) is 0 Å². The zero-order valence-corrected chi connectivity index (χ0v) is 32.9. The van der Waals surface area contributed by atoms with E-state index in [0.717, 1.165) is 33.4 Å². The molecule has 2 N–H and O–H groups in total. The third-order valence-corrected chi connectivity index (χ3v) is 9.35. The molecular formula is C40H58O7P+. The van der Waals surface area contributed by atoms with Crippen molar-refractivity contribution in [2.24, 2.45) is 0 Å². The van der Waals surface area contributed by atoms with E-state index in [9.17, 15) is 24.4 Å². The molecule has 0 heterocycles. The molecule has 0 unspecified atom stereocenters. The number of phenols is 2. The first-order chi connectivity index (χ1) is 21.4. The van der Waals surface area contributed by atoms with Crippen LogP contribution in [0, 0.1) is 0 Å². The number of hydrogen-bond acceptors (Lipinski definition) is 7. The van der Waals surface area contributed by atoms with Crippen molar-refractivity contribution in [2.45, 2.75) is 144 Å². The standard InChI is InChI=1S/C40H57O7P/c1-35(2,3)27-21-25(22-28(33(27)43)36(4,5)6)17-19-31(41)39(13,14)46-48(45)47-40(15,16)32(42)20-18-26-23-29(37(7,8)9)34(44)30(24-26)38(10,11)12/h17-24H,1-16H3,(H-,41,42,43,44)/p+1. The van der Waals surface area contributed by atoms with Gasteiger partial charge in [-0.1, -0.05) is 95.2 Å². The minimum Gasteiger partial charge on any atom is -0.507 e. The molecule has 0 aliphatic heterocycles. The lowest BCUT2D eigenvalue weighted by molar-refractivity contribution is -0.130. The van der Waals surface area contributed by atoms with Gasteiger partial charge in [-0.05, 0) is 96.9 Å². The van der Waals surface area contributed by atoms with Crippen LogP contribution < -0.4 is 0 Å². The number of rotatable bonds is 10. The van der Waals surface area contributed by atoms with Crippen LogP contribution >= 0.6 is 8.25 Å². The first-order valence-corrected chi connectivity index (χ1v) is 17.5. The van der Waals surface area contributed by atoms with E-state index in [0.29, 0.717) is 0 Å². The van der Waals surface area contributed by atoms with E-state index in [1.807, 2.05) is 107 Å². The number of carbonyl (C=O) groups excluding carboxylic acids is 2. The average molecular weight is 682 g/mol. The van der Waals surface area contributed by atoms with Crippen molar-refractivity contribution < 1.29 is 33.4 Å². The van der Waals surface area contributed by atoms with Gasteiger partial charge in [-0.2, -0.15) is 0 Å². The smallest absolute Gasteiger partial charge is 0.507 e. The third kappa shape index (κ3) is 10.4. The molecule has 0 radical (unpaired) electrons. The summed E-state index contributed by atoms with van der Waals surface area (Å²) in [7, 11) is -2.87. The van der Waals surface area contributed by atoms with E-state index in [1.165, 1.54) is 39.8 Å². The first-order valence-electron chi connectivity index (χ1n) is 16.4. The normalized spacial score (nSPS) is 14.2. The lowest BCUT2D eigenvalue weighted by atomic mass is 9.78. The van der Waals surface area contributed by atoms with Crippen LogP contribution in [-0.2, 0) is 44.9 Å². The van der Waals surface area contributed by atoms with Crippen LogP contribution in [0.1, 0.15) is 144 Å². The summed E-state index contributed by atoms with van der Waals surface area (Å²) in [6, 6.07) is 7.44. The fourth-order valence-electron chi connectivity index (χ4n) is 5.02. The predicted molar refractivity (Wildman–Crippen MR) is 197 cm³/mol. The summed E-state index contributed by atoms with van der Waals surface area (Å²) >= 11 is 0. The Labute approximate surface area is 289 Å². The maximum Gasteiger partial charge on any atom is 0.699 e. The SMILES string of the molecule is CC(C)(O[P+](=O)OC(C)(C)C(=O)C=Cc1cc(C(C)(C)C)c(O)c(C(C)(C)C)c1)C(=O)C=Cc1cc(C(C)(C)C)c(O)c(C(C)(C)C)c1. The van der Waals surface area contributed by atoms with E-state index in [1.54, 1.807) is 12.2 Å². The van der Waals surface area contributed by atoms with Gasteiger partial charge >= 0.3 is 8.25 Å². The maximum atomic E-state index is 13.2. The number of aromatic hydroxyl groups is 2. The zero-order valence-electron chi connectivity index (χ0n) is 32.0. The van der Waals surface area contributed by atoms with Crippen molar-refractivity contribution in [1.29, 1.82) is 0 Å². The lowest BCUT2D eigenvalue weighted by Gasteiger charge is -2.28. The van der Waals surface area contributed by atoms with E-state index < -0.39 is 31.0 Å². The molecule has 48 heavy (non-hydrogen) atoms. The molecule has 0 atom stereocenters. The van der Waals surface area contributed by atoms with Crippen molar-refractivity contribution in [3.05, 3.63) is 69.8 Å². The molecule has 0 spiro atoms. The summed E-state index contributed by atoms with van der Waals surface area (Å²) in [6.07, 6.45) is 6.04. The second kappa shape index (κ2) is 14.0. The molecule has 264 valence electrons. The Bertz CT molecular complexity index is 1420. The van der Waals surface area contributed by atoms with Gasteiger partial charge in [-0.3, -0.25) is 9.59 Å². The van der Waals surface area contributed by atoms with Crippen LogP contribution in [0.5, 0.6) is 11.5 Å². The molecule has 0 saturated carbocycles. The fraction of sp³-hybridized carbons (Fsp3) is 0.550. The van der Waals surface area contributed by atoms with Gasteiger partial charge in [0.25, 0.3) is 0 Å². The van der Waals surface area contributed by atoms with Crippen molar-refractivity contribution >= 4 is 32.0 Å². The molecule has 2 aromatic rings. The van der Waals surface area contributed by atoms with Gasteiger partial charge in [-0.15, -0.1) is 9.05 Å². The van der Waals surface area contributed by atoms with Crippen LogP contribution in [-0.4, -0.2) is 33.0 Å². The number of phenolic OH excluding ortho intramolecular Hbond substituents is 2. The molecule has 0 fully saturated rings. The highest BCUT2D eigenvalue weighted by atomic mass is 31.1. The minimum absolute atomic E-state index is 0.246. The van der Waals surface area contributed by atoms with Gasteiger partial charge in [0.05, 0.1) is 0 Å². The average Bonchev–Trinajstić information content (AvgIpc) is 2.87. The maximum absolute atomic E-state index is 13.2. The number of benzene rings is 2. The quantitative estimate of drug-likeness (QED) is 0.190. The van der Waals surface area contributed by atoms with Crippen LogP contribution in [0.25, 0.3) is 12.2 Å². The van der Waals surface area contributed by atoms with E-state index in [2.05, 4.69) is 0 Å².